The van der Waals surface area contributed by atoms with E-state index in [4.69, 9.17) is 4.74 Å². The number of carbonyl (C=O) groups excluding carboxylic acids is 1. The smallest absolute Gasteiger partial charge is 0.393 e. The molecule has 0 unspecified atom stereocenters. The number of methoxy groups -OCH3 is 1. The Morgan fingerprint density at radius 3 is 2.60 bits per heavy atom. The van der Waals surface area contributed by atoms with E-state index in [9.17, 15) is 26.4 Å². The molecule has 10 heteroatoms. The first-order valence-electron chi connectivity index (χ1n) is 7.58. The Labute approximate surface area is 144 Å². The molecule has 0 saturated carbocycles. The van der Waals surface area contributed by atoms with Gasteiger partial charge in [0, 0.05) is 25.7 Å². The number of nitrogens with zero attached hydrogens (tertiary/aromatic N) is 1. The lowest BCUT2D eigenvalue weighted by Crippen LogP contribution is -2.44. The minimum Gasteiger partial charge on any atom is -0.495 e. The van der Waals surface area contributed by atoms with Gasteiger partial charge in [-0.25, -0.2) is 8.42 Å². The van der Waals surface area contributed by atoms with Gasteiger partial charge in [-0.3, -0.25) is 4.79 Å². The molecule has 140 valence electrons. The van der Waals surface area contributed by atoms with Gasteiger partial charge in [0.05, 0.1) is 13.0 Å². The fourth-order valence-electron chi connectivity index (χ4n) is 2.73. The van der Waals surface area contributed by atoms with Crippen molar-refractivity contribution in [2.75, 3.05) is 25.5 Å². The largest absolute Gasteiger partial charge is 0.495 e. The normalized spacial score (nSPS) is 19.5. The number of hydrogen-bond donors (Lipinski definition) is 1. The van der Waals surface area contributed by atoms with Crippen LogP contribution in [0.15, 0.2) is 23.1 Å². The number of piperidine rings is 1. The number of sulfonamides is 1. The summed E-state index contributed by atoms with van der Waals surface area (Å²) in [6, 6.07) is 3.99. The van der Waals surface area contributed by atoms with E-state index in [0.29, 0.717) is 0 Å². The number of ether oxygens (including phenoxy) is 1. The van der Waals surface area contributed by atoms with Crippen LogP contribution in [-0.4, -0.2) is 45.0 Å². The van der Waals surface area contributed by atoms with Crippen molar-refractivity contribution in [1.82, 2.24) is 4.31 Å². The predicted molar refractivity (Wildman–Crippen MR) is 84.8 cm³/mol. The highest BCUT2D eigenvalue weighted by Crippen LogP contribution is 2.37. The summed E-state index contributed by atoms with van der Waals surface area (Å²) >= 11 is 0. The highest BCUT2D eigenvalue weighted by Gasteiger charge is 2.44. The number of anilines is 1. The number of alkyl halides is 3. The summed E-state index contributed by atoms with van der Waals surface area (Å²) in [5, 5.41) is 2.45. The zero-order chi connectivity index (χ0) is 18.8. The molecule has 1 aromatic rings. The average Bonchev–Trinajstić information content (AvgIpc) is 2.53. The van der Waals surface area contributed by atoms with Gasteiger partial charge in [-0.05, 0) is 31.0 Å². The number of halogens is 3. The molecule has 0 bridgehead atoms. The molecule has 1 saturated heterocycles. The van der Waals surface area contributed by atoms with Crippen LogP contribution in [-0.2, 0) is 14.8 Å². The lowest BCUT2D eigenvalue weighted by molar-refractivity contribution is -0.182. The molecular weight excluding hydrogens is 361 g/mol. The van der Waals surface area contributed by atoms with Gasteiger partial charge in [0.15, 0.2) is 0 Å². The Bertz CT molecular complexity index is 750. The summed E-state index contributed by atoms with van der Waals surface area (Å²) in [6.07, 6.45) is -4.42. The van der Waals surface area contributed by atoms with Crippen molar-refractivity contribution in [2.45, 2.75) is 30.8 Å². The second-order valence-corrected chi connectivity index (χ2v) is 7.70. The Morgan fingerprint density at radius 1 is 1.36 bits per heavy atom. The summed E-state index contributed by atoms with van der Waals surface area (Å²) < 4.78 is 70.4. The van der Waals surface area contributed by atoms with Crippen LogP contribution in [0.1, 0.15) is 19.8 Å². The van der Waals surface area contributed by atoms with Crippen molar-refractivity contribution in [3.63, 3.8) is 0 Å². The maximum Gasteiger partial charge on any atom is 0.393 e. The van der Waals surface area contributed by atoms with Crippen LogP contribution in [0.4, 0.5) is 18.9 Å². The van der Waals surface area contributed by atoms with Crippen molar-refractivity contribution < 1.29 is 31.1 Å². The molecule has 1 aliphatic rings. The lowest BCUT2D eigenvalue weighted by Gasteiger charge is -2.33. The second kappa shape index (κ2) is 7.20. The molecule has 6 nitrogen and oxygen atoms in total. The first-order valence-corrected chi connectivity index (χ1v) is 9.02. The molecule has 0 aromatic heterocycles. The van der Waals surface area contributed by atoms with Gasteiger partial charge in [0.2, 0.25) is 15.9 Å². The Kier molecular flexibility index (Phi) is 5.62. The molecular formula is C15H19F3N2O4S. The highest BCUT2D eigenvalue weighted by molar-refractivity contribution is 7.89. The third-order valence-electron chi connectivity index (χ3n) is 3.95. The Morgan fingerprint density at radius 2 is 2.04 bits per heavy atom. The Hall–Kier alpha value is -1.81. The van der Waals surface area contributed by atoms with Crippen LogP contribution >= 0.6 is 0 Å². The minimum atomic E-state index is -4.45. The van der Waals surface area contributed by atoms with Crippen LogP contribution in [0.2, 0.25) is 0 Å². The third-order valence-corrected chi connectivity index (χ3v) is 5.84. The zero-order valence-corrected chi connectivity index (χ0v) is 14.6. The molecule has 1 amide bonds. The third kappa shape index (κ3) is 4.43. The number of benzene rings is 1. The van der Waals surface area contributed by atoms with E-state index in [1.54, 1.807) is 0 Å². The molecule has 25 heavy (non-hydrogen) atoms. The van der Waals surface area contributed by atoms with Gasteiger partial charge < -0.3 is 10.1 Å². The average molecular weight is 380 g/mol. The van der Waals surface area contributed by atoms with Crippen molar-refractivity contribution in [2.24, 2.45) is 5.92 Å². The first kappa shape index (κ1) is 19.5. The molecule has 1 aromatic carbocycles. The number of rotatable bonds is 4. The fourth-order valence-corrected chi connectivity index (χ4v) is 4.43. The molecule has 1 aliphatic heterocycles. The number of hydrogen-bond acceptors (Lipinski definition) is 4. The lowest BCUT2D eigenvalue weighted by atomic mass is 9.99. The zero-order valence-electron chi connectivity index (χ0n) is 13.8. The van der Waals surface area contributed by atoms with Crippen molar-refractivity contribution in [3.8, 4) is 5.75 Å². The molecule has 1 N–H and O–H groups in total. The molecule has 0 spiro atoms. The van der Waals surface area contributed by atoms with E-state index in [0.717, 1.165) is 4.31 Å². The molecule has 1 heterocycles. The maximum atomic E-state index is 13.0. The van der Waals surface area contributed by atoms with Crippen LogP contribution in [0.5, 0.6) is 5.75 Å². The molecule has 0 radical (unpaired) electrons. The summed E-state index contributed by atoms with van der Waals surface area (Å²) in [5.41, 5.74) is 0.219. The maximum absolute atomic E-state index is 13.0. The highest BCUT2D eigenvalue weighted by atomic mass is 32.2. The quantitative estimate of drug-likeness (QED) is 0.871. The summed E-state index contributed by atoms with van der Waals surface area (Å²) in [5.74, 6) is -2.09. The van der Waals surface area contributed by atoms with Crippen LogP contribution in [0.25, 0.3) is 0 Å². The van der Waals surface area contributed by atoms with Gasteiger partial charge >= 0.3 is 6.18 Å². The van der Waals surface area contributed by atoms with E-state index < -0.39 is 34.6 Å². The Balaban J connectivity index is 2.39. The van der Waals surface area contributed by atoms with Gasteiger partial charge in [-0.15, -0.1) is 0 Å². The second-order valence-electron chi connectivity index (χ2n) is 5.79. The van der Waals surface area contributed by atoms with Crippen molar-refractivity contribution in [3.05, 3.63) is 18.2 Å². The van der Waals surface area contributed by atoms with E-state index in [2.05, 4.69) is 5.32 Å². The number of amides is 1. The van der Waals surface area contributed by atoms with E-state index in [-0.39, 0.29) is 35.7 Å². The van der Waals surface area contributed by atoms with Crippen molar-refractivity contribution in [1.29, 1.82) is 0 Å². The summed E-state index contributed by atoms with van der Waals surface area (Å²) in [6.45, 7) is 0.638. The minimum absolute atomic E-state index is 0.00241. The van der Waals surface area contributed by atoms with E-state index in [1.807, 2.05) is 0 Å². The van der Waals surface area contributed by atoms with Gasteiger partial charge in [0.25, 0.3) is 0 Å². The predicted octanol–water partition coefficient (Wildman–Crippen LogP) is 2.62. The molecule has 0 aliphatic carbocycles. The SMILES string of the molecule is COc1ccc(NC(C)=O)cc1S(=O)(=O)N1CCC[C@@H](C(F)(F)F)C1. The van der Waals surface area contributed by atoms with Gasteiger partial charge in [-0.1, -0.05) is 0 Å². The van der Waals surface area contributed by atoms with E-state index in [1.165, 1.54) is 32.2 Å². The van der Waals surface area contributed by atoms with Gasteiger partial charge in [-0.2, -0.15) is 17.5 Å². The molecule has 1 atom stereocenters. The number of nitrogens with one attached hydrogen (secondary N) is 1. The van der Waals surface area contributed by atoms with Crippen LogP contribution in [0, 0.1) is 5.92 Å². The first-order chi connectivity index (χ1) is 11.6. The van der Waals surface area contributed by atoms with Crippen LogP contribution < -0.4 is 10.1 Å². The van der Waals surface area contributed by atoms with Gasteiger partial charge in [0.1, 0.15) is 10.6 Å². The molecule has 1 fully saturated rings. The summed E-state index contributed by atoms with van der Waals surface area (Å²) in [4.78, 5) is 10.9. The van der Waals surface area contributed by atoms with E-state index >= 15 is 0 Å². The van der Waals surface area contributed by atoms with Crippen LogP contribution in [0.3, 0.4) is 0 Å². The van der Waals surface area contributed by atoms with Crippen molar-refractivity contribution >= 4 is 21.6 Å². The fraction of sp³-hybridized carbons (Fsp3) is 0.533. The number of carbonyl (C=O) groups is 1. The molecule has 2 rings (SSSR count). The monoisotopic (exact) mass is 380 g/mol. The summed E-state index contributed by atoms with van der Waals surface area (Å²) in [7, 11) is -2.93. The topological polar surface area (TPSA) is 75.7 Å². The standard InChI is InChI=1S/C15H19F3N2O4S/c1-10(21)19-12-5-6-13(24-2)14(8-12)25(22,23)20-7-3-4-11(9-20)15(16,17)18/h5-6,8,11H,3-4,7,9H2,1-2H3,(H,19,21)/t11-/m1/s1.